The molecule has 4 rings (SSSR count). The summed E-state index contributed by atoms with van der Waals surface area (Å²) in [5, 5.41) is 33.1. The van der Waals surface area contributed by atoms with Gasteiger partial charge in [0.15, 0.2) is 12.0 Å². The topological polar surface area (TPSA) is 147 Å². The van der Waals surface area contributed by atoms with Crippen molar-refractivity contribution in [1.29, 1.82) is 0 Å². The van der Waals surface area contributed by atoms with Gasteiger partial charge in [0, 0.05) is 11.8 Å². The molecule has 25 heavy (non-hydrogen) atoms. The minimum Gasteiger partial charge on any atom is -0.394 e. The maximum absolute atomic E-state index is 12.4. The number of hydrogen-bond acceptors (Lipinski definition) is 8. The SMILES string of the molecule is CC1(O)[C@H](O)[C@@H](CO)O[C@H]1n1cc2c3c(ncnc31)NC(=O)CC2=O. The van der Waals surface area contributed by atoms with Crippen LogP contribution in [0.15, 0.2) is 12.5 Å². The van der Waals surface area contributed by atoms with Crippen molar-refractivity contribution in [2.75, 3.05) is 11.9 Å². The van der Waals surface area contributed by atoms with Crippen LogP contribution in [0, 0.1) is 0 Å². The van der Waals surface area contributed by atoms with E-state index in [1.807, 2.05) is 0 Å². The van der Waals surface area contributed by atoms with E-state index in [1.165, 1.54) is 24.0 Å². The molecule has 1 fully saturated rings. The lowest BCUT2D eigenvalue weighted by Crippen LogP contribution is -2.44. The van der Waals surface area contributed by atoms with Crippen LogP contribution in [0.4, 0.5) is 5.82 Å². The number of ketones is 1. The van der Waals surface area contributed by atoms with Gasteiger partial charge < -0.3 is 29.9 Å². The number of hydrogen-bond donors (Lipinski definition) is 4. The minimum absolute atomic E-state index is 0.200. The Hall–Kier alpha value is -2.40. The van der Waals surface area contributed by atoms with E-state index in [-0.39, 0.29) is 23.4 Å². The summed E-state index contributed by atoms with van der Waals surface area (Å²) in [6.07, 6.45) is -1.08. The number of nitrogens with zero attached hydrogens (tertiary/aromatic N) is 3. The normalized spacial score (nSPS) is 32.1. The first-order chi connectivity index (χ1) is 11.8. The highest BCUT2D eigenvalue weighted by Gasteiger charge is 2.53. The Labute approximate surface area is 141 Å². The van der Waals surface area contributed by atoms with E-state index in [1.54, 1.807) is 0 Å². The van der Waals surface area contributed by atoms with Gasteiger partial charge >= 0.3 is 0 Å². The minimum atomic E-state index is -1.72. The number of nitrogens with one attached hydrogen (secondary N) is 1. The molecule has 0 aromatic carbocycles. The molecule has 4 heterocycles. The Morgan fingerprint density at radius 3 is 2.88 bits per heavy atom. The molecule has 1 saturated heterocycles. The van der Waals surface area contributed by atoms with Crippen LogP contribution in [0.1, 0.15) is 29.9 Å². The summed E-state index contributed by atoms with van der Waals surface area (Å²) < 4.78 is 7.01. The van der Waals surface area contributed by atoms with Crippen molar-refractivity contribution in [1.82, 2.24) is 14.5 Å². The van der Waals surface area contributed by atoms with Gasteiger partial charge in [-0.25, -0.2) is 9.97 Å². The molecule has 0 bridgehead atoms. The fourth-order valence-corrected chi connectivity index (χ4v) is 3.38. The fourth-order valence-electron chi connectivity index (χ4n) is 3.38. The lowest BCUT2D eigenvalue weighted by Gasteiger charge is -2.27. The Balaban J connectivity index is 1.92. The molecule has 2 aliphatic heterocycles. The first-order valence-electron chi connectivity index (χ1n) is 7.70. The highest BCUT2D eigenvalue weighted by molar-refractivity contribution is 6.21. The zero-order chi connectivity index (χ0) is 17.9. The maximum atomic E-state index is 12.4. The Morgan fingerprint density at radius 1 is 1.44 bits per heavy atom. The van der Waals surface area contributed by atoms with Gasteiger partial charge in [-0.15, -0.1) is 0 Å². The van der Waals surface area contributed by atoms with Gasteiger partial charge in [0.2, 0.25) is 5.91 Å². The third-order valence-electron chi connectivity index (χ3n) is 4.68. The summed E-state index contributed by atoms with van der Waals surface area (Å²) in [7, 11) is 0. The molecule has 0 radical (unpaired) electrons. The van der Waals surface area contributed by atoms with Crippen molar-refractivity contribution in [3.05, 3.63) is 18.1 Å². The van der Waals surface area contributed by atoms with Crippen molar-refractivity contribution >= 4 is 28.5 Å². The van der Waals surface area contributed by atoms with E-state index < -0.39 is 42.3 Å². The Kier molecular flexibility index (Phi) is 3.41. The van der Waals surface area contributed by atoms with Crippen molar-refractivity contribution in [2.24, 2.45) is 0 Å². The lowest BCUT2D eigenvalue weighted by atomic mass is 9.96. The van der Waals surface area contributed by atoms with Crippen molar-refractivity contribution in [3.8, 4) is 0 Å². The van der Waals surface area contributed by atoms with Gasteiger partial charge in [-0.05, 0) is 6.92 Å². The molecule has 1 amide bonds. The Morgan fingerprint density at radius 2 is 2.20 bits per heavy atom. The van der Waals surface area contributed by atoms with Gasteiger partial charge in [-0.1, -0.05) is 0 Å². The van der Waals surface area contributed by atoms with E-state index in [0.717, 1.165) is 0 Å². The molecule has 4 N–H and O–H groups in total. The second kappa shape index (κ2) is 5.30. The van der Waals surface area contributed by atoms with Crippen LogP contribution in [-0.2, 0) is 9.53 Å². The van der Waals surface area contributed by atoms with Gasteiger partial charge in [0.05, 0.1) is 18.4 Å². The molecule has 2 aromatic heterocycles. The molecule has 4 atom stereocenters. The van der Waals surface area contributed by atoms with Crippen molar-refractivity contribution < 1.29 is 29.6 Å². The number of amides is 1. The summed E-state index contributed by atoms with van der Waals surface area (Å²) in [4.78, 5) is 32.2. The summed E-state index contributed by atoms with van der Waals surface area (Å²) in [6, 6.07) is 0. The number of Topliss-reactive ketones (excluding diaryl/α,β-unsaturated/α-hetero) is 1. The van der Waals surface area contributed by atoms with Crippen LogP contribution < -0.4 is 5.32 Å². The molecule has 10 nitrogen and oxygen atoms in total. The zero-order valence-corrected chi connectivity index (χ0v) is 13.2. The average molecular weight is 348 g/mol. The number of carbonyl (C=O) groups is 2. The Bertz CT molecular complexity index is 892. The predicted molar refractivity (Wildman–Crippen MR) is 82.7 cm³/mol. The monoisotopic (exact) mass is 348 g/mol. The van der Waals surface area contributed by atoms with Crippen LogP contribution >= 0.6 is 0 Å². The fraction of sp³-hybridized carbons (Fsp3) is 0.467. The molecular formula is C15H16N4O6. The largest absolute Gasteiger partial charge is 0.394 e. The number of anilines is 1. The van der Waals surface area contributed by atoms with Gasteiger partial charge in [0.1, 0.15) is 35.6 Å². The maximum Gasteiger partial charge on any atom is 0.233 e. The van der Waals surface area contributed by atoms with Crippen LogP contribution in [0.3, 0.4) is 0 Å². The van der Waals surface area contributed by atoms with Crippen LogP contribution in [0.2, 0.25) is 0 Å². The molecular weight excluding hydrogens is 332 g/mol. The first-order valence-corrected chi connectivity index (χ1v) is 7.70. The second-order valence-electron chi connectivity index (χ2n) is 6.40. The molecule has 10 heteroatoms. The van der Waals surface area contributed by atoms with E-state index in [0.29, 0.717) is 5.39 Å². The van der Waals surface area contributed by atoms with Gasteiger partial charge in [-0.3, -0.25) is 9.59 Å². The van der Waals surface area contributed by atoms with E-state index in [9.17, 15) is 24.9 Å². The number of carbonyl (C=O) groups excluding carboxylic acids is 2. The first kappa shape index (κ1) is 16.1. The van der Waals surface area contributed by atoms with Crippen LogP contribution in [0.25, 0.3) is 11.0 Å². The molecule has 2 aromatic rings. The molecule has 1 unspecified atom stereocenters. The predicted octanol–water partition coefficient (Wildman–Crippen LogP) is -1.04. The number of rotatable bonds is 2. The number of ether oxygens (including phenoxy) is 1. The van der Waals surface area contributed by atoms with Crippen LogP contribution in [0.5, 0.6) is 0 Å². The lowest BCUT2D eigenvalue weighted by molar-refractivity contribution is -0.115. The molecule has 132 valence electrons. The summed E-state index contributed by atoms with van der Waals surface area (Å²) in [6.45, 7) is 0.899. The quantitative estimate of drug-likeness (QED) is 0.503. The summed E-state index contributed by atoms with van der Waals surface area (Å²) >= 11 is 0. The van der Waals surface area contributed by atoms with Gasteiger partial charge in [0.25, 0.3) is 0 Å². The molecule has 0 aliphatic carbocycles. The van der Waals surface area contributed by atoms with Crippen molar-refractivity contribution in [2.45, 2.75) is 37.4 Å². The van der Waals surface area contributed by atoms with Crippen molar-refractivity contribution in [3.63, 3.8) is 0 Å². The standard InChI is InChI=1S/C15H16N4O6/c1-15(24)11(23)8(4-20)25-14(15)19-3-6-7(21)2-9(22)18-12-10(6)13(19)17-5-16-12/h3,5,8,11,14,20,23-24H,2,4H2,1H3,(H,16,17,18,22)/t8-,11-,14-,15?/m1/s1. The second-order valence-corrected chi connectivity index (χ2v) is 6.40. The van der Waals surface area contributed by atoms with E-state index in [2.05, 4.69) is 15.3 Å². The highest BCUT2D eigenvalue weighted by Crippen LogP contribution is 2.41. The summed E-state index contributed by atoms with van der Waals surface area (Å²) in [5.74, 6) is -0.675. The van der Waals surface area contributed by atoms with E-state index >= 15 is 0 Å². The van der Waals surface area contributed by atoms with E-state index in [4.69, 9.17) is 4.74 Å². The third-order valence-corrected chi connectivity index (χ3v) is 4.68. The number of aliphatic hydroxyl groups excluding tert-OH is 2. The zero-order valence-electron chi connectivity index (χ0n) is 13.2. The molecule has 0 saturated carbocycles. The smallest absolute Gasteiger partial charge is 0.233 e. The summed E-state index contributed by atoms with van der Waals surface area (Å²) in [5.41, 5.74) is -1.23. The molecule has 0 spiro atoms. The number of aromatic nitrogens is 3. The van der Waals surface area contributed by atoms with Crippen LogP contribution in [-0.4, -0.2) is 66.0 Å². The van der Waals surface area contributed by atoms with Gasteiger partial charge in [-0.2, -0.15) is 0 Å². The average Bonchev–Trinajstić information content (AvgIpc) is 3.00. The third kappa shape index (κ3) is 2.19. The molecule has 2 aliphatic rings. The number of aliphatic hydroxyl groups is 3. The highest BCUT2D eigenvalue weighted by atomic mass is 16.6.